The molecule has 1 N–H and O–H groups in total. The molecule has 0 aliphatic rings. The maximum atomic E-state index is 14.9. The Morgan fingerprint density at radius 2 is 1.87 bits per heavy atom. The second-order valence-corrected chi connectivity index (χ2v) is 11.3. The van der Waals surface area contributed by atoms with Crippen molar-refractivity contribution in [3.8, 4) is 11.8 Å². The minimum absolute atomic E-state index is 0.108. The number of anilines is 2. The zero-order valence-corrected chi connectivity index (χ0v) is 25.4. The molecule has 0 unspecified atom stereocenters. The van der Waals surface area contributed by atoms with Crippen LogP contribution in [0.25, 0.3) is 16.6 Å². The number of hydrogen-bond acceptors (Lipinski definition) is 7. The number of halogens is 3. The molecule has 13 heteroatoms. The number of pyridine rings is 1. The maximum absolute atomic E-state index is 14.9. The molecule has 0 bridgehead atoms. The third kappa shape index (κ3) is 6.06. The van der Waals surface area contributed by atoms with Crippen LogP contribution in [0.4, 0.5) is 16.0 Å². The normalized spacial score (nSPS) is 11.1. The third-order valence-electron chi connectivity index (χ3n) is 7.17. The average molecular weight is 641 g/mol. The molecule has 6 aromatic rings. The molecule has 0 radical (unpaired) electrons. The number of nitriles is 1. The van der Waals surface area contributed by atoms with E-state index < -0.39 is 17.2 Å². The molecule has 0 aliphatic heterocycles. The van der Waals surface area contributed by atoms with Crippen LogP contribution in [0.3, 0.4) is 0 Å². The van der Waals surface area contributed by atoms with Crippen LogP contribution in [-0.2, 0) is 20.0 Å². The van der Waals surface area contributed by atoms with E-state index in [4.69, 9.17) is 23.2 Å². The highest BCUT2D eigenvalue weighted by Crippen LogP contribution is 2.30. The predicted octanol–water partition coefficient (Wildman–Crippen LogP) is 5.68. The summed E-state index contributed by atoms with van der Waals surface area (Å²) < 4.78 is 18.7. The highest BCUT2D eigenvalue weighted by Gasteiger charge is 2.20. The number of benzene rings is 3. The van der Waals surface area contributed by atoms with Crippen molar-refractivity contribution in [3.05, 3.63) is 138 Å². The number of fused-ring (bicyclic) bond motifs is 1. The predicted molar refractivity (Wildman–Crippen MR) is 170 cm³/mol. The highest BCUT2D eigenvalue weighted by atomic mass is 35.5. The molecular formula is C32H23Cl2FN8O2. The summed E-state index contributed by atoms with van der Waals surface area (Å²) in [6, 6.07) is 16.7. The van der Waals surface area contributed by atoms with E-state index in [2.05, 4.69) is 20.4 Å². The van der Waals surface area contributed by atoms with Crippen molar-refractivity contribution < 1.29 is 4.39 Å². The van der Waals surface area contributed by atoms with Crippen molar-refractivity contribution in [1.29, 1.82) is 5.26 Å². The molecule has 3 heterocycles. The van der Waals surface area contributed by atoms with Gasteiger partial charge in [0.05, 0.1) is 40.2 Å². The van der Waals surface area contributed by atoms with E-state index >= 15 is 0 Å². The smallest absolute Gasteiger partial charge is 0.324 e. The summed E-state index contributed by atoms with van der Waals surface area (Å²) in [5, 5.41) is 18.6. The van der Waals surface area contributed by atoms with Gasteiger partial charge in [-0.25, -0.2) is 18.5 Å². The van der Waals surface area contributed by atoms with Gasteiger partial charge in [-0.15, -0.1) is 0 Å². The van der Waals surface area contributed by atoms with Gasteiger partial charge < -0.3 is 5.32 Å². The van der Waals surface area contributed by atoms with E-state index in [9.17, 15) is 19.2 Å². The standard InChI is InChI=1S/C32H23Cl2FN8O2/c1-18-6-25(15-37-14-18)43-31(44)39-30(38-29-11-23-16-41(2)40-28(23)12-26(29)34)42(32(43)45)17-22-9-21(13-36)27(35)10-20(22)7-19-4-3-5-24(33)8-19/h3-6,8-12,14-16H,7,17H2,1-2H3,(H,38,39,44). The van der Waals surface area contributed by atoms with E-state index in [0.29, 0.717) is 27.4 Å². The molecule has 0 saturated carbocycles. The fourth-order valence-corrected chi connectivity index (χ4v) is 5.51. The fraction of sp³-hybridized carbons (Fsp3) is 0.125. The monoisotopic (exact) mass is 640 g/mol. The van der Waals surface area contributed by atoms with E-state index in [1.54, 1.807) is 67.4 Å². The molecule has 0 amide bonds. The number of aromatic nitrogens is 6. The van der Waals surface area contributed by atoms with E-state index in [1.807, 2.05) is 12.1 Å². The topological polar surface area (TPSA) is 123 Å². The van der Waals surface area contributed by atoms with Gasteiger partial charge >= 0.3 is 11.4 Å². The van der Waals surface area contributed by atoms with E-state index in [-0.39, 0.29) is 35.2 Å². The lowest BCUT2D eigenvalue weighted by Gasteiger charge is -2.18. The van der Waals surface area contributed by atoms with Gasteiger partial charge in [-0.2, -0.15) is 15.3 Å². The van der Waals surface area contributed by atoms with Crippen LogP contribution in [0.15, 0.2) is 82.8 Å². The lowest BCUT2D eigenvalue weighted by Crippen LogP contribution is -2.42. The lowest BCUT2D eigenvalue weighted by atomic mass is 9.97. The van der Waals surface area contributed by atoms with Gasteiger partial charge in [-0.05, 0) is 78.1 Å². The molecule has 3 aromatic heterocycles. The summed E-state index contributed by atoms with van der Waals surface area (Å²) in [6.07, 6.45) is 5.04. The van der Waals surface area contributed by atoms with Crippen LogP contribution >= 0.6 is 23.2 Å². The summed E-state index contributed by atoms with van der Waals surface area (Å²) in [6.45, 7) is 1.61. The molecule has 0 atom stereocenters. The summed E-state index contributed by atoms with van der Waals surface area (Å²) in [5.41, 5.74) is 1.97. The Balaban J connectivity index is 1.54. The Kier molecular flexibility index (Phi) is 7.93. The molecule has 0 aliphatic carbocycles. The minimum atomic E-state index is -0.847. The zero-order chi connectivity index (χ0) is 31.8. The van der Waals surface area contributed by atoms with Crippen LogP contribution in [-0.4, -0.2) is 28.9 Å². The number of rotatable bonds is 7. The first-order valence-electron chi connectivity index (χ1n) is 13.6. The van der Waals surface area contributed by atoms with E-state index in [0.717, 1.165) is 21.1 Å². The summed E-state index contributed by atoms with van der Waals surface area (Å²) in [5.74, 6) is -0.807. The molecule has 3 aromatic carbocycles. The summed E-state index contributed by atoms with van der Waals surface area (Å²) in [4.78, 5) is 35.9. The highest BCUT2D eigenvalue weighted by molar-refractivity contribution is 6.34. The Morgan fingerprint density at radius 1 is 1.04 bits per heavy atom. The Bertz CT molecular complexity index is 2290. The average Bonchev–Trinajstić information content (AvgIpc) is 3.34. The van der Waals surface area contributed by atoms with E-state index in [1.165, 1.54) is 22.9 Å². The van der Waals surface area contributed by atoms with Crippen LogP contribution in [0, 0.1) is 24.1 Å². The SMILES string of the molecule is Cc1cncc(-n2c(=O)nc(Nc3cc4cn(C)nc4cc3Cl)n(Cc3cc(C#N)c(F)cc3Cc3cccc(Cl)c3)c2=O)c1. The van der Waals surface area contributed by atoms with Crippen LogP contribution in [0.2, 0.25) is 10.0 Å². The number of aryl methyl sites for hydroxylation is 2. The number of nitrogens with one attached hydrogen (secondary N) is 1. The lowest BCUT2D eigenvalue weighted by molar-refractivity contribution is 0.616. The largest absolute Gasteiger partial charge is 0.359 e. The van der Waals surface area contributed by atoms with Gasteiger partial charge in [0.2, 0.25) is 5.95 Å². The molecule has 0 fully saturated rings. The molecule has 224 valence electrons. The molecule has 0 saturated heterocycles. The first-order valence-corrected chi connectivity index (χ1v) is 14.4. The van der Waals surface area contributed by atoms with Gasteiger partial charge in [0, 0.05) is 29.9 Å². The summed E-state index contributed by atoms with van der Waals surface area (Å²) >= 11 is 12.8. The number of nitrogens with zero attached hydrogens (tertiary/aromatic N) is 7. The Morgan fingerprint density at radius 3 is 2.62 bits per heavy atom. The first-order chi connectivity index (χ1) is 21.6. The molecule has 6 rings (SSSR count). The van der Waals surface area contributed by atoms with Crippen LogP contribution < -0.4 is 16.7 Å². The second-order valence-electron chi connectivity index (χ2n) is 10.5. The molecule has 10 nitrogen and oxygen atoms in total. The quantitative estimate of drug-likeness (QED) is 0.238. The fourth-order valence-electron chi connectivity index (χ4n) is 5.09. The first kappa shape index (κ1) is 29.7. The van der Waals surface area contributed by atoms with Gasteiger partial charge in [-0.1, -0.05) is 35.3 Å². The maximum Gasteiger partial charge on any atom is 0.359 e. The molecule has 0 spiro atoms. The van der Waals surface area contributed by atoms with Crippen molar-refractivity contribution in [3.63, 3.8) is 0 Å². The third-order valence-corrected chi connectivity index (χ3v) is 7.71. The van der Waals surface area contributed by atoms with Gasteiger partial charge in [0.25, 0.3) is 0 Å². The van der Waals surface area contributed by atoms with Gasteiger partial charge in [0.1, 0.15) is 11.9 Å². The van der Waals surface area contributed by atoms with Crippen molar-refractivity contribution >= 4 is 45.7 Å². The van der Waals surface area contributed by atoms with Crippen molar-refractivity contribution in [2.24, 2.45) is 7.05 Å². The molecular weight excluding hydrogens is 618 g/mol. The minimum Gasteiger partial charge on any atom is -0.324 e. The Hall–Kier alpha value is -5.31. The van der Waals surface area contributed by atoms with Crippen molar-refractivity contribution in [2.75, 3.05) is 5.32 Å². The molecule has 45 heavy (non-hydrogen) atoms. The number of hydrogen-bond donors (Lipinski definition) is 1. The zero-order valence-electron chi connectivity index (χ0n) is 23.9. The van der Waals surface area contributed by atoms with Crippen molar-refractivity contribution in [2.45, 2.75) is 19.9 Å². The van der Waals surface area contributed by atoms with Crippen LogP contribution in [0.5, 0.6) is 0 Å². The second kappa shape index (κ2) is 12.0. The van der Waals surface area contributed by atoms with Crippen LogP contribution in [0.1, 0.15) is 27.8 Å². The summed E-state index contributed by atoms with van der Waals surface area (Å²) in [7, 11) is 1.78. The Labute approximate surface area is 265 Å². The van der Waals surface area contributed by atoms with Gasteiger partial charge in [0.15, 0.2) is 0 Å². The van der Waals surface area contributed by atoms with Crippen molar-refractivity contribution in [1.82, 2.24) is 28.9 Å². The van der Waals surface area contributed by atoms with Gasteiger partial charge in [-0.3, -0.25) is 14.2 Å².